The third-order valence-corrected chi connectivity index (χ3v) is 2.85. The molecule has 0 spiro atoms. The highest BCUT2D eigenvalue weighted by Crippen LogP contribution is 2.27. The van der Waals surface area contributed by atoms with E-state index in [2.05, 4.69) is 13.0 Å². The molecule has 0 fully saturated rings. The molecule has 1 N–H and O–H groups in total. The van der Waals surface area contributed by atoms with Crippen molar-refractivity contribution in [3.05, 3.63) is 28.8 Å². The zero-order chi connectivity index (χ0) is 12.8. The first kappa shape index (κ1) is 13.6. The minimum atomic E-state index is -0.942. The Morgan fingerprint density at radius 1 is 1.35 bits per heavy atom. The van der Waals surface area contributed by atoms with Gasteiger partial charge in [-0.3, -0.25) is 0 Å². The molecular weight excluding hydrogens is 216 g/mol. The molecule has 0 heterocycles. The van der Waals surface area contributed by atoms with Crippen LogP contribution in [-0.4, -0.2) is 17.7 Å². The van der Waals surface area contributed by atoms with Gasteiger partial charge in [0.25, 0.3) is 0 Å². The maximum atomic E-state index is 10.5. The first-order valence-electron chi connectivity index (χ1n) is 6.00. The lowest BCUT2D eigenvalue weighted by Gasteiger charge is -2.14. The minimum absolute atomic E-state index is 0.279. The Kier molecular flexibility index (Phi) is 5.01. The van der Waals surface area contributed by atoms with E-state index >= 15 is 0 Å². The van der Waals surface area contributed by atoms with Gasteiger partial charge in [0.1, 0.15) is 5.75 Å². The van der Waals surface area contributed by atoms with Crippen molar-refractivity contribution in [2.45, 2.75) is 40.0 Å². The summed E-state index contributed by atoms with van der Waals surface area (Å²) in [7, 11) is 0. The number of carbonyl (C=O) groups is 1. The second kappa shape index (κ2) is 6.28. The van der Waals surface area contributed by atoms with Crippen LogP contribution in [0.25, 0.3) is 0 Å². The molecule has 0 aliphatic rings. The van der Waals surface area contributed by atoms with Crippen molar-refractivity contribution >= 4 is 5.97 Å². The van der Waals surface area contributed by atoms with Gasteiger partial charge in [-0.25, -0.2) is 4.79 Å². The second-order valence-corrected chi connectivity index (χ2v) is 4.28. The van der Waals surface area contributed by atoms with E-state index in [1.165, 1.54) is 5.56 Å². The summed E-state index contributed by atoms with van der Waals surface area (Å²) in [6.07, 6.45) is 3.31. The smallest absolute Gasteiger partial charge is 0.341 e. The lowest BCUT2D eigenvalue weighted by Crippen LogP contribution is -2.11. The normalized spacial score (nSPS) is 10.3. The predicted octanol–water partition coefficient (Wildman–Crippen LogP) is 3.11. The van der Waals surface area contributed by atoms with Gasteiger partial charge < -0.3 is 9.84 Å². The molecule has 0 saturated heterocycles. The second-order valence-electron chi connectivity index (χ2n) is 4.28. The topological polar surface area (TPSA) is 46.5 Å². The van der Waals surface area contributed by atoms with Crippen LogP contribution in [0, 0.1) is 13.8 Å². The third kappa shape index (κ3) is 3.77. The fraction of sp³-hybridized carbons (Fsp3) is 0.500. The van der Waals surface area contributed by atoms with E-state index in [1.54, 1.807) is 0 Å². The maximum Gasteiger partial charge on any atom is 0.341 e. The van der Waals surface area contributed by atoms with Crippen molar-refractivity contribution in [1.29, 1.82) is 0 Å². The van der Waals surface area contributed by atoms with E-state index in [0.29, 0.717) is 0 Å². The molecule has 1 aromatic carbocycles. The number of ether oxygens (including phenoxy) is 1. The first-order chi connectivity index (χ1) is 8.06. The van der Waals surface area contributed by atoms with Crippen LogP contribution in [0.2, 0.25) is 0 Å². The molecule has 3 heteroatoms. The van der Waals surface area contributed by atoms with Gasteiger partial charge in [0.15, 0.2) is 6.61 Å². The number of aliphatic carboxylic acids is 1. The van der Waals surface area contributed by atoms with Crippen LogP contribution in [0.5, 0.6) is 5.75 Å². The number of carboxylic acid groups (broad SMARTS) is 1. The fourth-order valence-corrected chi connectivity index (χ4v) is 1.86. The van der Waals surface area contributed by atoms with Crippen LogP contribution in [-0.2, 0) is 11.2 Å². The Balaban J connectivity index is 2.89. The molecule has 0 amide bonds. The summed E-state index contributed by atoms with van der Waals surface area (Å²) in [6, 6.07) is 4.10. The molecular formula is C14H20O3. The molecule has 0 saturated carbocycles. The number of hydrogen-bond donors (Lipinski definition) is 1. The largest absolute Gasteiger partial charge is 0.481 e. The minimum Gasteiger partial charge on any atom is -0.481 e. The zero-order valence-electron chi connectivity index (χ0n) is 10.7. The average molecular weight is 236 g/mol. The summed E-state index contributed by atoms with van der Waals surface area (Å²) >= 11 is 0. The van der Waals surface area contributed by atoms with Crippen LogP contribution in [0.3, 0.4) is 0 Å². The van der Waals surface area contributed by atoms with E-state index in [-0.39, 0.29) is 6.61 Å². The molecule has 0 unspecified atom stereocenters. The van der Waals surface area contributed by atoms with Crippen LogP contribution in [0.4, 0.5) is 0 Å². The quantitative estimate of drug-likeness (QED) is 0.825. The molecule has 0 aliphatic carbocycles. The van der Waals surface area contributed by atoms with E-state index in [1.807, 2.05) is 19.9 Å². The lowest BCUT2D eigenvalue weighted by molar-refractivity contribution is -0.139. The zero-order valence-corrected chi connectivity index (χ0v) is 10.7. The number of hydrogen-bond acceptors (Lipinski definition) is 2. The van der Waals surface area contributed by atoms with Crippen LogP contribution in [0.1, 0.15) is 36.5 Å². The number of benzene rings is 1. The van der Waals surface area contributed by atoms with Gasteiger partial charge in [0, 0.05) is 0 Å². The van der Waals surface area contributed by atoms with Gasteiger partial charge in [-0.15, -0.1) is 0 Å². The molecule has 1 rings (SSSR count). The Morgan fingerprint density at radius 2 is 2.06 bits per heavy atom. The van der Waals surface area contributed by atoms with Crippen LogP contribution in [0.15, 0.2) is 12.1 Å². The van der Waals surface area contributed by atoms with E-state index in [4.69, 9.17) is 9.84 Å². The van der Waals surface area contributed by atoms with Crippen LogP contribution >= 0.6 is 0 Å². The van der Waals surface area contributed by atoms with Crippen molar-refractivity contribution < 1.29 is 14.6 Å². The molecule has 3 nitrogen and oxygen atoms in total. The van der Waals surface area contributed by atoms with Gasteiger partial charge in [-0.2, -0.15) is 0 Å². The summed E-state index contributed by atoms with van der Waals surface area (Å²) in [4.78, 5) is 10.5. The van der Waals surface area contributed by atoms with Crippen LogP contribution < -0.4 is 4.74 Å². The van der Waals surface area contributed by atoms with Crippen molar-refractivity contribution in [2.75, 3.05) is 6.61 Å². The highest BCUT2D eigenvalue weighted by atomic mass is 16.5. The lowest BCUT2D eigenvalue weighted by atomic mass is 9.99. The van der Waals surface area contributed by atoms with E-state index < -0.39 is 5.97 Å². The molecule has 0 atom stereocenters. The Labute approximate surface area is 102 Å². The van der Waals surface area contributed by atoms with Crippen molar-refractivity contribution in [3.63, 3.8) is 0 Å². The van der Waals surface area contributed by atoms with Crippen molar-refractivity contribution in [2.24, 2.45) is 0 Å². The summed E-state index contributed by atoms with van der Waals surface area (Å²) < 4.78 is 5.35. The summed E-state index contributed by atoms with van der Waals surface area (Å²) in [5.74, 6) is -0.219. The summed E-state index contributed by atoms with van der Waals surface area (Å²) in [5.41, 5.74) is 3.31. The van der Waals surface area contributed by atoms with Gasteiger partial charge in [-0.1, -0.05) is 25.5 Å². The van der Waals surface area contributed by atoms with Gasteiger partial charge in [0.2, 0.25) is 0 Å². The number of rotatable bonds is 6. The molecule has 0 radical (unpaired) electrons. The number of aryl methyl sites for hydroxylation is 2. The average Bonchev–Trinajstić information content (AvgIpc) is 2.27. The number of unbranched alkanes of at least 4 members (excludes halogenated alkanes) is 1. The van der Waals surface area contributed by atoms with Gasteiger partial charge in [-0.05, 0) is 43.4 Å². The molecule has 0 aliphatic heterocycles. The van der Waals surface area contributed by atoms with Crippen molar-refractivity contribution in [3.8, 4) is 5.75 Å². The first-order valence-corrected chi connectivity index (χ1v) is 6.00. The molecule has 94 valence electrons. The van der Waals surface area contributed by atoms with E-state index in [9.17, 15) is 4.79 Å². The van der Waals surface area contributed by atoms with Crippen molar-refractivity contribution in [1.82, 2.24) is 0 Å². The van der Waals surface area contributed by atoms with Gasteiger partial charge >= 0.3 is 5.97 Å². The molecule has 0 bridgehead atoms. The standard InChI is InChI=1S/C14H20O3/c1-4-5-6-12-8-7-10(2)14(11(12)3)17-9-13(15)16/h7-8H,4-6,9H2,1-3H3,(H,15,16). The Bertz CT molecular complexity index is 397. The Hall–Kier alpha value is -1.51. The highest BCUT2D eigenvalue weighted by molar-refractivity contribution is 5.68. The molecule has 0 aromatic heterocycles. The summed E-state index contributed by atoms with van der Waals surface area (Å²) in [5, 5.41) is 8.64. The monoisotopic (exact) mass is 236 g/mol. The molecule has 17 heavy (non-hydrogen) atoms. The summed E-state index contributed by atoms with van der Waals surface area (Å²) in [6.45, 7) is 5.81. The Morgan fingerprint density at radius 3 is 2.65 bits per heavy atom. The number of carboxylic acids is 1. The fourth-order valence-electron chi connectivity index (χ4n) is 1.86. The molecule has 1 aromatic rings. The highest BCUT2D eigenvalue weighted by Gasteiger charge is 2.10. The third-order valence-electron chi connectivity index (χ3n) is 2.85. The van der Waals surface area contributed by atoms with E-state index in [0.717, 1.165) is 36.1 Å². The predicted molar refractivity (Wildman–Crippen MR) is 67.7 cm³/mol. The SMILES string of the molecule is CCCCc1ccc(C)c(OCC(=O)O)c1C. The maximum absolute atomic E-state index is 10.5. The van der Waals surface area contributed by atoms with Gasteiger partial charge in [0.05, 0.1) is 0 Å².